The molecule has 3 heterocycles. The van der Waals surface area contributed by atoms with Crippen molar-refractivity contribution in [3.05, 3.63) is 107 Å². The van der Waals surface area contributed by atoms with Crippen LogP contribution in [0.2, 0.25) is 0 Å². The summed E-state index contributed by atoms with van der Waals surface area (Å²) in [5.74, 6) is 1.90. The predicted molar refractivity (Wildman–Crippen MR) is 141 cm³/mol. The Morgan fingerprint density at radius 3 is 2.75 bits per heavy atom. The van der Waals surface area contributed by atoms with E-state index >= 15 is 0 Å². The van der Waals surface area contributed by atoms with E-state index in [0.29, 0.717) is 22.9 Å². The summed E-state index contributed by atoms with van der Waals surface area (Å²) >= 11 is 1.46. The Labute approximate surface area is 213 Å². The second-order valence-corrected chi connectivity index (χ2v) is 9.36. The van der Waals surface area contributed by atoms with Crippen molar-refractivity contribution in [2.24, 2.45) is 0 Å². The third-order valence-corrected chi connectivity index (χ3v) is 7.07. The third-order valence-electron chi connectivity index (χ3n) is 6.03. The number of benzene rings is 2. The molecule has 2 N–H and O–H groups in total. The quantitative estimate of drug-likeness (QED) is 0.253. The minimum atomic E-state index is -0.166. The van der Waals surface area contributed by atoms with Crippen molar-refractivity contribution in [1.82, 2.24) is 20.4 Å². The van der Waals surface area contributed by atoms with Gasteiger partial charge in [-0.15, -0.1) is 0 Å². The first-order valence-corrected chi connectivity index (χ1v) is 12.6. The van der Waals surface area contributed by atoms with Crippen LogP contribution >= 0.6 is 11.8 Å². The number of pyridine rings is 1. The van der Waals surface area contributed by atoms with Crippen molar-refractivity contribution < 1.29 is 14.1 Å². The van der Waals surface area contributed by atoms with E-state index in [1.54, 1.807) is 25.4 Å². The number of nitrogens with one attached hydrogen (secondary N) is 2. The van der Waals surface area contributed by atoms with Crippen LogP contribution in [0.4, 0.5) is 0 Å². The van der Waals surface area contributed by atoms with Crippen molar-refractivity contribution in [3.63, 3.8) is 0 Å². The SMILES string of the molecule is COc1ccc([C@@H](CNC(=O)c2cccnc2SCc2cc(C)on2)c2c[nH]c3ccccc23)cc1. The van der Waals surface area contributed by atoms with Gasteiger partial charge in [0.25, 0.3) is 5.91 Å². The Morgan fingerprint density at radius 1 is 1.14 bits per heavy atom. The number of nitrogens with zero attached hydrogens (tertiary/aromatic N) is 2. The lowest BCUT2D eigenvalue weighted by atomic mass is 9.90. The summed E-state index contributed by atoms with van der Waals surface area (Å²) in [6.45, 7) is 2.28. The molecular formula is C28H26N4O3S. The highest BCUT2D eigenvalue weighted by molar-refractivity contribution is 7.98. The highest BCUT2D eigenvalue weighted by Gasteiger charge is 2.21. The molecule has 0 saturated heterocycles. The zero-order valence-electron chi connectivity index (χ0n) is 20.0. The van der Waals surface area contributed by atoms with E-state index in [-0.39, 0.29) is 11.8 Å². The number of fused-ring (bicyclic) bond motifs is 1. The van der Waals surface area contributed by atoms with Crippen molar-refractivity contribution in [1.29, 1.82) is 0 Å². The van der Waals surface area contributed by atoms with Crippen LogP contribution in [0.15, 0.2) is 88.7 Å². The second-order valence-electron chi connectivity index (χ2n) is 8.40. The molecule has 36 heavy (non-hydrogen) atoms. The van der Waals surface area contributed by atoms with Gasteiger partial charge in [-0.2, -0.15) is 0 Å². The number of para-hydroxylation sites is 1. The van der Waals surface area contributed by atoms with Gasteiger partial charge in [-0.1, -0.05) is 47.3 Å². The average Bonchev–Trinajstić information content (AvgIpc) is 3.54. The molecule has 0 spiro atoms. The predicted octanol–water partition coefficient (Wildman–Crippen LogP) is 5.72. The minimum Gasteiger partial charge on any atom is -0.497 e. The Balaban J connectivity index is 1.38. The van der Waals surface area contributed by atoms with Gasteiger partial charge in [0.05, 0.1) is 18.4 Å². The molecule has 0 unspecified atom stereocenters. The monoisotopic (exact) mass is 498 g/mol. The number of carbonyl (C=O) groups is 1. The zero-order valence-corrected chi connectivity index (χ0v) is 20.8. The van der Waals surface area contributed by atoms with Crippen molar-refractivity contribution in [2.75, 3.05) is 13.7 Å². The van der Waals surface area contributed by atoms with Crippen LogP contribution in [-0.4, -0.2) is 34.7 Å². The second kappa shape index (κ2) is 10.7. The van der Waals surface area contributed by atoms with E-state index in [2.05, 4.69) is 32.6 Å². The fourth-order valence-corrected chi connectivity index (χ4v) is 5.10. The first-order chi connectivity index (χ1) is 17.6. The molecule has 0 fully saturated rings. The number of carbonyl (C=O) groups excluding carboxylic acids is 1. The molecule has 1 amide bonds. The molecule has 5 rings (SSSR count). The number of amides is 1. The standard InChI is InChI=1S/C28H26N4O3S/c1-18-14-20(32-35-18)17-36-28-23(7-5-13-29-28)27(33)31-15-24(19-9-11-21(34-2)12-10-19)25-16-30-26-8-4-3-6-22(25)26/h3-14,16,24,30H,15,17H2,1-2H3,(H,31,33)/t24-/m1/s1. The van der Waals surface area contributed by atoms with Crippen molar-refractivity contribution in [2.45, 2.75) is 23.6 Å². The number of thioether (sulfide) groups is 1. The summed E-state index contributed by atoms with van der Waals surface area (Å²) < 4.78 is 10.5. The van der Waals surface area contributed by atoms with Gasteiger partial charge in [-0.25, -0.2) is 4.98 Å². The topological polar surface area (TPSA) is 93.0 Å². The van der Waals surface area contributed by atoms with Gasteiger partial charge in [0.2, 0.25) is 0 Å². The number of aromatic amines is 1. The maximum Gasteiger partial charge on any atom is 0.254 e. The summed E-state index contributed by atoms with van der Waals surface area (Å²) in [7, 11) is 1.65. The maximum absolute atomic E-state index is 13.3. The first kappa shape index (κ1) is 23.7. The van der Waals surface area contributed by atoms with Crippen LogP contribution < -0.4 is 10.1 Å². The zero-order chi connectivity index (χ0) is 24.9. The largest absolute Gasteiger partial charge is 0.497 e. The van der Waals surface area contributed by atoms with E-state index in [1.807, 2.05) is 55.6 Å². The normalized spacial score (nSPS) is 11.9. The van der Waals surface area contributed by atoms with Gasteiger partial charge in [-0.3, -0.25) is 4.79 Å². The van der Waals surface area contributed by atoms with E-state index in [9.17, 15) is 4.79 Å². The first-order valence-electron chi connectivity index (χ1n) is 11.6. The van der Waals surface area contributed by atoms with Gasteiger partial charge in [0.1, 0.15) is 16.5 Å². The lowest BCUT2D eigenvalue weighted by molar-refractivity contribution is 0.0949. The smallest absolute Gasteiger partial charge is 0.254 e. The van der Waals surface area contributed by atoms with E-state index < -0.39 is 0 Å². The Kier molecular flexibility index (Phi) is 7.04. The summed E-state index contributed by atoms with van der Waals surface area (Å²) in [4.78, 5) is 21.1. The van der Waals surface area contributed by atoms with Crippen LogP contribution in [-0.2, 0) is 5.75 Å². The Morgan fingerprint density at radius 2 is 1.97 bits per heavy atom. The fourth-order valence-electron chi connectivity index (χ4n) is 4.22. The van der Waals surface area contributed by atoms with Gasteiger partial charge >= 0.3 is 0 Å². The average molecular weight is 499 g/mol. The van der Waals surface area contributed by atoms with Gasteiger partial charge in [-0.05, 0) is 48.4 Å². The molecule has 0 aliphatic heterocycles. The molecule has 0 saturated carbocycles. The molecular weight excluding hydrogens is 472 g/mol. The maximum atomic E-state index is 13.3. The van der Waals surface area contributed by atoms with Crippen molar-refractivity contribution in [3.8, 4) is 5.75 Å². The molecule has 2 aromatic carbocycles. The Hall–Kier alpha value is -4.04. The van der Waals surface area contributed by atoms with Gasteiger partial charge < -0.3 is 19.6 Å². The highest BCUT2D eigenvalue weighted by Crippen LogP contribution is 2.32. The lowest BCUT2D eigenvalue weighted by Gasteiger charge is -2.19. The number of hydrogen-bond acceptors (Lipinski definition) is 6. The number of aromatic nitrogens is 3. The number of aryl methyl sites for hydroxylation is 1. The molecule has 0 bridgehead atoms. The number of methoxy groups -OCH3 is 1. The summed E-state index contributed by atoms with van der Waals surface area (Å²) in [5, 5.41) is 8.97. The van der Waals surface area contributed by atoms with Gasteiger partial charge in [0.15, 0.2) is 0 Å². The molecule has 8 heteroatoms. The fraction of sp³-hybridized carbons (Fsp3) is 0.179. The van der Waals surface area contributed by atoms with Crippen LogP contribution in [0, 0.1) is 6.92 Å². The number of hydrogen-bond donors (Lipinski definition) is 2. The molecule has 182 valence electrons. The summed E-state index contributed by atoms with van der Waals surface area (Å²) in [6, 6.07) is 21.6. The summed E-state index contributed by atoms with van der Waals surface area (Å²) in [5.41, 5.74) is 4.62. The Bertz CT molecular complexity index is 1480. The minimum absolute atomic E-state index is 0.0538. The molecule has 5 aromatic rings. The lowest BCUT2D eigenvalue weighted by Crippen LogP contribution is -2.29. The molecule has 3 aromatic heterocycles. The van der Waals surface area contributed by atoms with Crippen LogP contribution in [0.3, 0.4) is 0 Å². The molecule has 1 atom stereocenters. The van der Waals surface area contributed by atoms with Crippen LogP contribution in [0.25, 0.3) is 10.9 Å². The highest BCUT2D eigenvalue weighted by atomic mass is 32.2. The van der Waals surface area contributed by atoms with Crippen LogP contribution in [0.1, 0.15) is 38.9 Å². The molecule has 0 radical (unpaired) electrons. The van der Waals surface area contributed by atoms with Crippen molar-refractivity contribution >= 4 is 28.6 Å². The summed E-state index contributed by atoms with van der Waals surface area (Å²) in [6.07, 6.45) is 3.72. The number of rotatable bonds is 9. The van der Waals surface area contributed by atoms with Crippen LogP contribution in [0.5, 0.6) is 5.75 Å². The number of H-pyrrole nitrogens is 1. The van der Waals surface area contributed by atoms with E-state index in [0.717, 1.165) is 39.2 Å². The molecule has 7 nitrogen and oxygen atoms in total. The van der Waals surface area contributed by atoms with Gasteiger partial charge in [0, 0.05) is 47.6 Å². The molecule has 0 aliphatic carbocycles. The third kappa shape index (κ3) is 5.13. The number of ether oxygens (including phenoxy) is 1. The molecule has 0 aliphatic rings. The van der Waals surface area contributed by atoms with E-state index in [1.165, 1.54) is 11.8 Å². The van der Waals surface area contributed by atoms with E-state index in [4.69, 9.17) is 9.26 Å².